The van der Waals surface area contributed by atoms with Crippen LogP contribution in [0.25, 0.3) is 0 Å². The zero-order valence-electron chi connectivity index (χ0n) is 9.00. The van der Waals surface area contributed by atoms with Gasteiger partial charge >= 0.3 is 0 Å². The van der Waals surface area contributed by atoms with Crippen molar-refractivity contribution in [3.05, 3.63) is 23.8 Å². The Morgan fingerprint density at radius 3 is 2.60 bits per heavy atom. The minimum atomic E-state index is -0.434. The molecule has 0 aliphatic heterocycles. The Morgan fingerprint density at radius 2 is 2.07 bits per heavy atom. The number of methoxy groups -OCH3 is 2. The molecule has 1 aromatic rings. The first kappa shape index (κ1) is 11.8. The number of ether oxygens (including phenoxy) is 2. The van der Waals surface area contributed by atoms with Crippen LogP contribution in [-0.2, 0) is 0 Å². The van der Waals surface area contributed by atoms with Gasteiger partial charge in [-0.1, -0.05) is 6.07 Å². The first-order valence-corrected chi connectivity index (χ1v) is 4.76. The van der Waals surface area contributed by atoms with E-state index in [-0.39, 0.29) is 6.04 Å². The molecule has 0 aliphatic carbocycles. The third-order valence-corrected chi connectivity index (χ3v) is 2.26. The lowest BCUT2D eigenvalue weighted by molar-refractivity contribution is 0.382. The second-order valence-corrected chi connectivity index (χ2v) is 3.19. The number of nitrogens with two attached hydrogens (primary N) is 1. The van der Waals surface area contributed by atoms with Crippen LogP contribution in [0.2, 0.25) is 0 Å². The van der Waals surface area contributed by atoms with Crippen molar-refractivity contribution in [2.45, 2.75) is 12.5 Å². The van der Waals surface area contributed by atoms with Gasteiger partial charge in [0, 0.05) is 17.7 Å². The molecule has 0 unspecified atom stereocenters. The molecule has 0 saturated carbocycles. The van der Waals surface area contributed by atoms with Gasteiger partial charge in [0.15, 0.2) is 0 Å². The molecular weight excluding hydrogens is 197 g/mol. The van der Waals surface area contributed by atoms with E-state index in [1.807, 2.05) is 0 Å². The highest BCUT2D eigenvalue weighted by atomic mass is 19.1. The molecule has 0 saturated heterocycles. The summed E-state index contributed by atoms with van der Waals surface area (Å²) in [6, 6.07) is 5.00. The van der Waals surface area contributed by atoms with Gasteiger partial charge in [0.05, 0.1) is 20.9 Å². The summed E-state index contributed by atoms with van der Waals surface area (Å²) in [5.74, 6) is 1.33. The van der Waals surface area contributed by atoms with E-state index in [0.29, 0.717) is 17.9 Å². The van der Waals surface area contributed by atoms with Gasteiger partial charge in [-0.05, 0) is 12.5 Å². The number of benzene rings is 1. The van der Waals surface area contributed by atoms with Gasteiger partial charge in [0.25, 0.3) is 0 Å². The fourth-order valence-corrected chi connectivity index (χ4v) is 1.40. The maximum atomic E-state index is 12.2. The molecule has 3 nitrogen and oxygen atoms in total. The van der Waals surface area contributed by atoms with Gasteiger partial charge in [-0.25, -0.2) is 0 Å². The fraction of sp³-hybridized carbons (Fsp3) is 0.455. The summed E-state index contributed by atoms with van der Waals surface area (Å²) in [5, 5.41) is 0. The van der Waals surface area contributed by atoms with Gasteiger partial charge in [0.2, 0.25) is 0 Å². The highest BCUT2D eigenvalue weighted by Gasteiger charge is 2.12. The van der Waals surface area contributed by atoms with E-state index in [1.165, 1.54) is 0 Å². The maximum absolute atomic E-state index is 12.2. The standard InChI is InChI=1S/C11H16FNO2/c1-14-8-3-4-9(10(13)5-6-12)11(7-8)15-2/h3-4,7,10H,5-6,13H2,1-2H3/t10-/m1/s1. The molecule has 2 N–H and O–H groups in total. The summed E-state index contributed by atoms with van der Waals surface area (Å²) in [6.45, 7) is -0.434. The molecule has 84 valence electrons. The topological polar surface area (TPSA) is 44.5 Å². The van der Waals surface area contributed by atoms with Gasteiger partial charge < -0.3 is 15.2 Å². The van der Waals surface area contributed by atoms with Crippen molar-refractivity contribution in [1.29, 1.82) is 0 Å². The molecule has 0 spiro atoms. The lowest BCUT2D eigenvalue weighted by Gasteiger charge is -2.15. The predicted molar refractivity (Wildman–Crippen MR) is 57.1 cm³/mol. The summed E-state index contributed by atoms with van der Waals surface area (Å²) in [4.78, 5) is 0. The highest BCUT2D eigenvalue weighted by molar-refractivity contribution is 5.42. The second kappa shape index (κ2) is 5.56. The van der Waals surface area contributed by atoms with Crippen LogP contribution < -0.4 is 15.2 Å². The maximum Gasteiger partial charge on any atom is 0.127 e. The Hall–Kier alpha value is -1.29. The number of hydrogen-bond donors (Lipinski definition) is 1. The lowest BCUT2D eigenvalue weighted by atomic mass is 10.0. The zero-order chi connectivity index (χ0) is 11.3. The van der Waals surface area contributed by atoms with Gasteiger partial charge in [-0.2, -0.15) is 0 Å². The van der Waals surface area contributed by atoms with E-state index >= 15 is 0 Å². The molecule has 1 rings (SSSR count). The molecule has 0 aromatic heterocycles. The second-order valence-electron chi connectivity index (χ2n) is 3.19. The van der Waals surface area contributed by atoms with Gasteiger partial charge in [0.1, 0.15) is 11.5 Å². The Balaban J connectivity index is 2.96. The SMILES string of the molecule is COc1ccc([C@H](N)CCF)c(OC)c1. The number of alkyl halides is 1. The largest absolute Gasteiger partial charge is 0.497 e. The van der Waals surface area contributed by atoms with Crippen LogP contribution in [0.1, 0.15) is 18.0 Å². The van der Waals surface area contributed by atoms with E-state index in [1.54, 1.807) is 32.4 Å². The molecule has 0 amide bonds. The van der Waals surface area contributed by atoms with Gasteiger partial charge in [-0.3, -0.25) is 4.39 Å². The van der Waals surface area contributed by atoms with E-state index < -0.39 is 6.67 Å². The van der Waals surface area contributed by atoms with Crippen molar-refractivity contribution >= 4 is 0 Å². The van der Waals surface area contributed by atoms with Crippen molar-refractivity contribution in [2.24, 2.45) is 5.73 Å². The average molecular weight is 213 g/mol. The molecule has 0 heterocycles. The van der Waals surface area contributed by atoms with Crippen LogP contribution in [0, 0.1) is 0 Å². The van der Waals surface area contributed by atoms with Crippen molar-refractivity contribution in [3.63, 3.8) is 0 Å². The molecule has 0 radical (unpaired) electrons. The summed E-state index contributed by atoms with van der Waals surface area (Å²) >= 11 is 0. The van der Waals surface area contributed by atoms with Crippen LogP contribution in [0.15, 0.2) is 18.2 Å². The van der Waals surface area contributed by atoms with Crippen LogP contribution >= 0.6 is 0 Å². The van der Waals surface area contributed by atoms with Crippen molar-refractivity contribution in [3.8, 4) is 11.5 Å². The first-order chi connectivity index (χ1) is 7.22. The molecule has 0 aliphatic rings. The summed E-state index contributed by atoms with van der Waals surface area (Å²) < 4.78 is 22.4. The van der Waals surface area contributed by atoms with Crippen molar-refractivity contribution in [2.75, 3.05) is 20.9 Å². The number of hydrogen-bond acceptors (Lipinski definition) is 3. The van der Waals surface area contributed by atoms with E-state index in [0.717, 1.165) is 5.56 Å². The van der Waals surface area contributed by atoms with E-state index in [2.05, 4.69) is 0 Å². The van der Waals surface area contributed by atoms with E-state index in [4.69, 9.17) is 15.2 Å². The molecule has 0 bridgehead atoms. The predicted octanol–water partition coefficient (Wildman–Crippen LogP) is 2.06. The number of rotatable bonds is 5. The first-order valence-electron chi connectivity index (χ1n) is 4.76. The Kier molecular flexibility index (Phi) is 4.37. The van der Waals surface area contributed by atoms with Crippen molar-refractivity contribution in [1.82, 2.24) is 0 Å². The Bertz CT molecular complexity index is 317. The average Bonchev–Trinajstić information content (AvgIpc) is 2.28. The Labute approximate surface area is 89.0 Å². The van der Waals surface area contributed by atoms with Crippen molar-refractivity contribution < 1.29 is 13.9 Å². The van der Waals surface area contributed by atoms with E-state index in [9.17, 15) is 4.39 Å². The monoisotopic (exact) mass is 213 g/mol. The summed E-state index contributed by atoms with van der Waals surface area (Å²) in [7, 11) is 3.14. The zero-order valence-corrected chi connectivity index (χ0v) is 9.00. The van der Waals surface area contributed by atoms with Crippen LogP contribution in [0.5, 0.6) is 11.5 Å². The van der Waals surface area contributed by atoms with Crippen LogP contribution in [0.4, 0.5) is 4.39 Å². The Morgan fingerprint density at radius 1 is 1.33 bits per heavy atom. The van der Waals surface area contributed by atoms with Gasteiger partial charge in [-0.15, -0.1) is 0 Å². The third-order valence-electron chi connectivity index (χ3n) is 2.26. The molecule has 0 fully saturated rings. The smallest absolute Gasteiger partial charge is 0.127 e. The summed E-state index contributed by atoms with van der Waals surface area (Å²) in [6.07, 6.45) is 0.294. The minimum absolute atomic E-state index is 0.294. The lowest BCUT2D eigenvalue weighted by Crippen LogP contribution is -2.12. The molecule has 1 atom stereocenters. The van der Waals surface area contributed by atoms with Crippen LogP contribution in [-0.4, -0.2) is 20.9 Å². The molecular formula is C11H16FNO2. The normalized spacial score (nSPS) is 12.3. The van der Waals surface area contributed by atoms with Crippen LogP contribution in [0.3, 0.4) is 0 Å². The molecule has 1 aromatic carbocycles. The summed E-state index contributed by atoms with van der Waals surface area (Å²) in [5.41, 5.74) is 6.61. The highest BCUT2D eigenvalue weighted by Crippen LogP contribution is 2.29. The third kappa shape index (κ3) is 2.83. The minimum Gasteiger partial charge on any atom is -0.497 e. The quantitative estimate of drug-likeness (QED) is 0.814. The number of halogens is 1. The molecule has 15 heavy (non-hydrogen) atoms. The fourth-order valence-electron chi connectivity index (χ4n) is 1.40. The molecule has 4 heteroatoms.